The first-order valence-corrected chi connectivity index (χ1v) is 7.80. The summed E-state index contributed by atoms with van der Waals surface area (Å²) in [5.41, 5.74) is 1.69. The van der Waals surface area contributed by atoms with E-state index in [1.165, 1.54) is 0 Å². The molecular formula is C17H23IN6. The lowest BCUT2D eigenvalue weighted by Crippen LogP contribution is -2.38. The predicted octanol–water partition coefficient (Wildman–Crippen LogP) is 2.52. The van der Waals surface area contributed by atoms with Crippen LogP contribution in [0.1, 0.15) is 24.5 Å². The van der Waals surface area contributed by atoms with Crippen molar-refractivity contribution in [3.63, 3.8) is 0 Å². The molecule has 0 bridgehead atoms. The number of benzene rings is 1. The molecule has 128 valence electrons. The molecule has 0 saturated heterocycles. The van der Waals surface area contributed by atoms with Crippen LogP contribution < -0.4 is 10.6 Å². The van der Waals surface area contributed by atoms with E-state index in [0.717, 1.165) is 37.6 Å². The van der Waals surface area contributed by atoms with Gasteiger partial charge in [-0.2, -0.15) is 10.4 Å². The second-order valence-electron chi connectivity index (χ2n) is 5.06. The second-order valence-corrected chi connectivity index (χ2v) is 5.06. The smallest absolute Gasteiger partial charge is 0.191 e. The zero-order valence-electron chi connectivity index (χ0n) is 13.8. The first-order chi connectivity index (χ1) is 11.3. The number of halogens is 1. The highest BCUT2D eigenvalue weighted by atomic mass is 127. The maximum atomic E-state index is 8.93. The maximum absolute atomic E-state index is 8.93. The van der Waals surface area contributed by atoms with E-state index < -0.39 is 0 Å². The third-order valence-corrected chi connectivity index (χ3v) is 3.24. The first kappa shape index (κ1) is 20.0. The topological polar surface area (TPSA) is 78.0 Å². The molecule has 0 saturated carbocycles. The van der Waals surface area contributed by atoms with Gasteiger partial charge in [-0.05, 0) is 37.1 Å². The summed E-state index contributed by atoms with van der Waals surface area (Å²) in [5, 5.41) is 19.6. The summed E-state index contributed by atoms with van der Waals surface area (Å²) in [6, 6.07) is 11.6. The van der Waals surface area contributed by atoms with E-state index in [4.69, 9.17) is 5.26 Å². The highest BCUT2D eigenvalue weighted by molar-refractivity contribution is 14.0. The molecule has 2 rings (SSSR count). The maximum Gasteiger partial charge on any atom is 0.191 e. The highest BCUT2D eigenvalue weighted by Crippen LogP contribution is 2.05. The summed E-state index contributed by atoms with van der Waals surface area (Å²) in [6.45, 7) is 5.10. The Morgan fingerprint density at radius 1 is 1.33 bits per heavy atom. The number of aromatic nitrogens is 2. The average Bonchev–Trinajstić information content (AvgIpc) is 3.10. The molecule has 0 aliphatic heterocycles. The number of aliphatic imine (C=N–C) groups is 1. The fourth-order valence-corrected chi connectivity index (χ4v) is 2.13. The average molecular weight is 438 g/mol. The van der Waals surface area contributed by atoms with Crippen molar-refractivity contribution in [2.45, 2.75) is 26.4 Å². The van der Waals surface area contributed by atoms with Gasteiger partial charge in [0.1, 0.15) is 0 Å². The monoisotopic (exact) mass is 438 g/mol. The molecule has 24 heavy (non-hydrogen) atoms. The van der Waals surface area contributed by atoms with Crippen molar-refractivity contribution in [1.82, 2.24) is 20.4 Å². The van der Waals surface area contributed by atoms with Gasteiger partial charge in [-0.1, -0.05) is 12.1 Å². The Morgan fingerprint density at radius 3 is 2.92 bits per heavy atom. The highest BCUT2D eigenvalue weighted by Gasteiger charge is 1.99. The number of rotatable bonds is 7. The summed E-state index contributed by atoms with van der Waals surface area (Å²) < 4.78 is 1.92. The van der Waals surface area contributed by atoms with Crippen LogP contribution in [0, 0.1) is 11.3 Å². The van der Waals surface area contributed by atoms with Gasteiger partial charge in [0.25, 0.3) is 0 Å². The summed E-state index contributed by atoms with van der Waals surface area (Å²) >= 11 is 0. The lowest BCUT2D eigenvalue weighted by molar-refractivity contribution is 0.570. The van der Waals surface area contributed by atoms with Gasteiger partial charge in [-0.15, -0.1) is 24.0 Å². The van der Waals surface area contributed by atoms with E-state index in [1.54, 1.807) is 12.3 Å². The number of nitrogens with one attached hydrogen (secondary N) is 2. The van der Waals surface area contributed by atoms with Crippen molar-refractivity contribution in [1.29, 1.82) is 5.26 Å². The normalized spacial score (nSPS) is 10.6. The Labute approximate surface area is 160 Å². The summed E-state index contributed by atoms with van der Waals surface area (Å²) in [7, 11) is 0. The van der Waals surface area contributed by atoms with Crippen LogP contribution in [0.2, 0.25) is 0 Å². The van der Waals surface area contributed by atoms with E-state index in [1.807, 2.05) is 42.1 Å². The molecule has 0 radical (unpaired) electrons. The zero-order valence-corrected chi connectivity index (χ0v) is 16.1. The van der Waals surface area contributed by atoms with E-state index >= 15 is 0 Å². The lowest BCUT2D eigenvalue weighted by Gasteiger charge is -2.11. The van der Waals surface area contributed by atoms with Gasteiger partial charge in [0.15, 0.2) is 5.96 Å². The first-order valence-electron chi connectivity index (χ1n) is 7.80. The standard InChI is InChI=1S/C17H22N6.HI/c1-2-19-17(20-8-4-10-23-11-5-9-22-23)21-14-16-7-3-6-15(12-16)13-18;/h3,5-7,9,11-12H,2,4,8,10,14H2,1H3,(H2,19,20,21);1H. The molecule has 0 aliphatic carbocycles. The Bertz CT molecular complexity index is 660. The van der Waals surface area contributed by atoms with E-state index in [2.05, 4.69) is 26.8 Å². The fourth-order valence-electron chi connectivity index (χ4n) is 2.13. The van der Waals surface area contributed by atoms with Gasteiger partial charge < -0.3 is 10.6 Å². The van der Waals surface area contributed by atoms with Gasteiger partial charge in [-0.25, -0.2) is 4.99 Å². The molecule has 7 heteroatoms. The Kier molecular flexibility index (Phi) is 9.53. The van der Waals surface area contributed by atoms with Gasteiger partial charge in [-0.3, -0.25) is 4.68 Å². The van der Waals surface area contributed by atoms with Crippen molar-refractivity contribution in [3.05, 3.63) is 53.9 Å². The summed E-state index contributed by atoms with van der Waals surface area (Å²) in [6.07, 6.45) is 4.71. The summed E-state index contributed by atoms with van der Waals surface area (Å²) in [5.74, 6) is 0.787. The Morgan fingerprint density at radius 2 is 2.21 bits per heavy atom. The number of hydrogen-bond donors (Lipinski definition) is 2. The molecular weight excluding hydrogens is 415 g/mol. The van der Waals surface area contributed by atoms with E-state index in [9.17, 15) is 0 Å². The Hall–Kier alpha value is -2.08. The fraction of sp³-hybridized carbons (Fsp3) is 0.353. The third-order valence-electron chi connectivity index (χ3n) is 3.24. The molecule has 1 aromatic heterocycles. The minimum Gasteiger partial charge on any atom is -0.357 e. The van der Waals surface area contributed by atoms with Crippen LogP contribution in [-0.4, -0.2) is 28.8 Å². The van der Waals surface area contributed by atoms with Crippen LogP contribution in [0.25, 0.3) is 0 Å². The zero-order chi connectivity index (χ0) is 16.3. The van der Waals surface area contributed by atoms with Crippen LogP contribution >= 0.6 is 24.0 Å². The molecule has 0 fully saturated rings. The van der Waals surface area contributed by atoms with E-state index in [-0.39, 0.29) is 24.0 Å². The minimum atomic E-state index is 0. The predicted molar refractivity (Wildman–Crippen MR) is 106 cm³/mol. The van der Waals surface area contributed by atoms with Gasteiger partial charge in [0, 0.05) is 32.0 Å². The molecule has 2 N–H and O–H groups in total. The molecule has 0 amide bonds. The van der Waals surface area contributed by atoms with Crippen LogP contribution in [0.15, 0.2) is 47.7 Å². The van der Waals surface area contributed by atoms with Crippen LogP contribution in [0.4, 0.5) is 0 Å². The van der Waals surface area contributed by atoms with E-state index in [0.29, 0.717) is 12.1 Å². The Balaban J connectivity index is 0.00000288. The van der Waals surface area contributed by atoms with Crippen LogP contribution in [0.5, 0.6) is 0 Å². The number of aryl methyl sites for hydroxylation is 1. The molecule has 1 heterocycles. The van der Waals surface area contributed by atoms with Crippen LogP contribution in [0.3, 0.4) is 0 Å². The molecule has 2 aromatic rings. The van der Waals surface area contributed by atoms with Crippen molar-refractivity contribution in [2.75, 3.05) is 13.1 Å². The number of nitrogens with zero attached hydrogens (tertiary/aromatic N) is 4. The van der Waals surface area contributed by atoms with Crippen molar-refractivity contribution in [2.24, 2.45) is 4.99 Å². The van der Waals surface area contributed by atoms with Gasteiger partial charge >= 0.3 is 0 Å². The number of hydrogen-bond acceptors (Lipinski definition) is 3. The van der Waals surface area contributed by atoms with Crippen molar-refractivity contribution in [3.8, 4) is 6.07 Å². The third kappa shape index (κ3) is 7.00. The lowest BCUT2D eigenvalue weighted by atomic mass is 10.1. The quantitative estimate of drug-likeness (QED) is 0.302. The number of guanidine groups is 1. The SMILES string of the molecule is CCNC(=NCc1cccc(C#N)c1)NCCCn1cccn1.I. The molecule has 1 aromatic carbocycles. The second kappa shape index (κ2) is 11.5. The largest absolute Gasteiger partial charge is 0.357 e. The van der Waals surface area contributed by atoms with Gasteiger partial charge in [0.05, 0.1) is 18.2 Å². The van der Waals surface area contributed by atoms with Crippen molar-refractivity contribution < 1.29 is 0 Å². The molecule has 0 spiro atoms. The summed E-state index contributed by atoms with van der Waals surface area (Å²) in [4.78, 5) is 4.56. The molecule has 6 nitrogen and oxygen atoms in total. The molecule has 0 unspecified atom stereocenters. The van der Waals surface area contributed by atoms with Crippen LogP contribution in [-0.2, 0) is 13.1 Å². The van der Waals surface area contributed by atoms with Gasteiger partial charge in [0.2, 0.25) is 0 Å². The minimum absolute atomic E-state index is 0. The molecule has 0 atom stereocenters. The molecule has 0 aliphatic rings. The number of nitriles is 1. The van der Waals surface area contributed by atoms with Crippen molar-refractivity contribution >= 4 is 29.9 Å².